The Balaban J connectivity index is 2.27. The summed E-state index contributed by atoms with van der Waals surface area (Å²) in [5.41, 5.74) is 3.54. The Morgan fingerprint density at radius 3 is 2.44 bits per heavy atom. The van der Waals surface area contributed by atoms with Gasteiger partial charge in [0.15, 0.2) is 0 Å². The van der Waals surface area contributed by atoms with E-state index in [1.807, 2.05) is 18.2 Å². The van der Waals surface area contributed by atoms with Crippen LogP contribution in [0.2, 0.25) is 0 Å². The summed E-state index contributed by atoms with van der Waals surface area (Å²) in [5, 5.41) is 0. The summed E-state index contributed by atoms with van der Waals surface area (Å²) in [7, 11) is 4.33. The molecule has 0 fully saturated rings. The molecule has 0 aromatic heterocycles. The Hall–Kier alpha value is -1.60. The molecule has 0 amide bonds. The largest absolute Gasteiger partial charge is 0.318 e. The molecule has 92 valence electrons. The monoisotopic (exact) mass is 239 g/mol. The lowest BCUT2D eigenvalue weighted by Gasteiger charge is -2.42. The molecule has 2 aromatic carbocycles. The van der Waals surface area contributed by atoms with Crippen LogP contribution >= 0.6 is 0 Å². The van der Waals surface area contributed by atoms with Gasteiger partial charge in [-0.1, -0.05) is 54.6 Å². The zero-order chi connectivity index (χ0) is 13.5. The molecule has 0 spiro atoms. The molecule has 1 heterocycles. The van der Waals surface area contributed by atoms with Gasteiger partial charge in [-0.2, -0.15) is 0 Å². The van der Waals surface area contributed by atoms with Gasteiger partial charge in [-0.3, -0.25) is 0 Å². The van der Waals surface area contributed by atoms with Crippen LogP contribution in [0, 0.1) is 0 Å². The number of quaternary nitrogens is 1. The molecule has 0 saturated heterocycles. The Bertz CT molecular complexity index is 591. The first-order chi connectivity index (χ1) is 9.06. The molecule has 1 atom stereocenters. The first kappa shape index (κ1) is 10.3. The highest BCUT2D eigenvalue weighted by Gasteiger charge is 2.36. The highest BCUT2D eigenvalue weighted by molar-refractivity contribution is 5.37. The average Bonchev–Trinajstić information content (AvgIpc) is 2.44. The Labute approximate surface area is 111 Å². The van der Waals surface area contributed by atoms with Crippen molar-refractivity contribution in [2.45, 2.75) is 12.4 Å². The number of nitrogens with zero attached hydrogens (tertiary/aromatic N) is 1. The summed E-state index contributed by atoms with van der Waals surface area (Å²) in [6.45, 7) is 0.995. The van der Waals surface area contributed by atoms with Crippen LogP contribution in [0.25, 0.3) is 0 Å². The minimum Gasteiger partial charge on any atom is -0.318 e. The quantitative estimate of drug-likeness (QED) is 0.669. The predicted molar refractivity (Wildman–Crippen MR) is 75.4 cm³/mol. The van der Waals surface area contributed by atoms with E-state index < -0.39 is 6.02 Å². The molecule has 0 radical (unpaired) electrons. The fourth-order valence-corrected chi connectivity index (χ4v) is 2.91. The van der Waals surface area contributed by atoms with Crippen molar-refractivity contribution in [3.05, 3.63) is 71.3 Å². The molecule has 1 aliphatic heterocycles. The van der Waals surface area contributed by atoms with Crippen molar-refractivity contribution in [3.8, 4) is 0 Å². The third-order valence-corrected chi connectivity index (χ3v) is 3.87. The van der Waals surface area contributed by atoms with Crippen molar-refractivity contribution >= 4 is 0 Å². The van der Waals surface area contributed by atoms with Crippen LogP contribution in [-0.2, 0) is 6.42 Å². The highest BCUT2D eigenvalue weighted by atomic mass is 15.3. The van der Waals surface area contributed by atoms with Crippen molar-refractivity contribution in [2.24, 2.45) is 0 Å². The molecule has 0 aliphatic carbocycles. The van der Waals surface area contributed by atoms with E-state index >= 15 is 0 Å². The zero-order valence-corrected chi connectivity index (χ0v) is 11.1. The molecule has 0 bridgehead atoms. The maximum absolute atomic E-state index is 9.22. The molecular formula is C17H20N+. The zero-order valence-electron chi connectivity index (χ0n) is 12.1. The van der Waals surface area contributed by atoms with Gasteiger partial charge in [-0.05, 0) is 5.56 Å². The molecule has 18 heavy (non-hydrogen) atoms. The lowest BCUT2D eigenvalue weighted by atomic mass is 9.87. The van der Waals surface area contributed by atoms with Crippen molar-refractivity contribution in [1.29, 1.82) is 0 Å². The van der Waals surface area contributed by atoms with Crippen molar-refractivity contribution in [2.75, 3.05) is 20.6 Å². The van der Waals surface area contributed by atoms with Gasteiger partial charge in [0.2, 0.25) is 0 Å². The fourth-order valence-electron chi connectivity index (χ4n) is 2.91. The van der Waals surface area contributed by atoms with E-state index in [1.165, 1.54) is 5.56 Å². The molecule has 1 aliphatic rings. The van der Waals surface area contributed by atoms with Gasteiger partial charge in [-0.25, -0.2) is 0 Å². The molecule has 1 heteroatoms. The number of fused-ring (bicyclic) bond motifs is 1. The van der Waals surface area contributed by atoms with E-state index in [0.29, 0.717) is 4.48 Å². The van der Waals surface area contributed by atoms with Gasteiger partial charge >= 0.3 is 0 Å². The molecular weight excluding hydrogens is 218 g/mol. The molecule has 1 unspecified atom stereocenters. The third-order valence-electron chi connectivity index (χ3n) is 3.87. The van der Waals surface area contributed by atoms with Crippen LogP contribution in [0.15, 0.2) is 54.6 Å². The summed E-state index contributed by atoms with van der Waals surface area (Å²) < 4.78 is 9.89. The van der Waals surface area contributed by atoms with E-state index in [-0.39, 0.29) is 0 Å². The van der Waals surface area contributed by atoms with Gasteiger partial charge < -0.3 is 4.48 Å². The van der Waals surface area contributed by atoms with Crippen molar-refractivity contribution < 1.29 is 5.85 Å². The van der Waals surface area contributed by atoms with Crippen molar-refractivity contribution in [3.63, 3.8) is 0 Å². The number of likely N-dealkylation sites (N-methyl/N-ethyl adjacent to an activating group) is 1. The van der Waals surface area contributed by atoms with Crippen LogP contribution in [0.3, 0.4) is 0 Å². The minimum atomic E-state index is -0.712. The predicted octanol–water partition coefficient (Wildman–Crippen LogP) is 3.41. The van der Waals surface area contributed by atoms with Crippen LogP contribution in [0.4, 0.5) is 0 Å². The summed E-state index contributed by atoms with van der Waals surface area (Å²) in [6, 6.07) is 17.9. The molecule has 2 aromatic rings. The molecule has 3 rings (SSSR count). The number of hydrogen-bond acceptors (Lipinski definition) is 0. The Kier molecular flexibility index (Phi) is 2.44. The lowest BCUT2D eigenvalue weighted by Crippen LogP contribution is -2.48. The number of hydrogen-bond donors (Lipinski definition) is 0. The van der Waals surface area contributed by atoms with E-state index in [4.69, 9.17) is 0 Å². The maximum atomic E-state index is 9.22. The summed E-state index contributed by atoms with van der Waals surface area (Å²) in [6.07, 6.45) is 1.05. The van der Waals surface area contributed by atoms with Crippen LogP contribution in [0.1, 0.15) is 24.1 Å². The number of rotatable bonds is 1. The van der Waals surface area contributed by atoms with E-state index in [1.54, 1.807) is 0 Å². The summed E-state index contributed by atoms with van der Waals surface area (Å²) in [4.78, 5) is 0. The fraction of sp³-hybridized carbons (Fsp3) is 0.294. The first-order valence-electron chi connectivity index (χ1n) is 7.03. The van der Waals surface area contributed by atoms with Crippen LogP contribution < -0.4 is 0 Å². The Morgan fingerprint density at radius 1 is 1.00 bits per heavy atom. The third kappa shape index (κ3) is 1.85. The normalized spacial score (nSPS) is 26.2. The minimum absolute atomic E-state index is 0.675. The molecule has 0 N–H and O–H groups in total. The van der Waals surface area contributed by atoms with Crippen molar-refractivity contribution in [1.82, 2.24) is 0 Å². The van der Waals surface area contributed by atoms with Crippen LogP contribution in [-0.4, -0.2) is 25.1 Å². The summed E-state index contributed by atoms with van der Waals surface area (Å²) in [5.74, 6) is 0. The standard InChI is InChI=1S/C17H20N/c1-18(2)13-12-14-8-6-7-11-16(14)17(18)15-9-4-3-5-10-15/h3-11,17H,12-13H2,1-2H3/q+1/i17D. The van der Waals surface area contributed by atoms with E-state index in [0.717, 1.165) is 24.1 Å². The van der Waals surface area contributed by atoms with Gasteiger partial charge in [0.05, 0.1) is 20.6 Å². The second-order valence-corrected chi connectivity index (χ2v) is 5.53. The average molecular weight is 239 g/mol. The smallest absolute Gasteiger partial charge is 0.140 e. The van der Waals surface area contributed by atoms with Crippen LogP contribution in [0.5, 0.6) is 0 Å². The number of benzene rings is 2. The first-order valence-corrected chi connectivity index (χ1v) is 6.53. The molecule has 0 saturated carbocycles. The van der Waals surface area contributed by atoms with Gasteiger partial charge in [-0.15, -0.1) is 0 Å². The second-order valence-electron chi connectivity index (χ2n) is 5.53. The highest BCUT2D eigenvalue weighted by Crippen LogP contribution is 2.37. The molecule has 1 nitrogen and oxygen atoms in total. The topological polar surface area (TPSA) is 0 Å². The maximum Gasteiger partial charge on any atom is 0.140 e. The SMILES string of the molecule is [2H]C1(c2ccccc2)c2ccccc2CC[N+]1(C)C. The Morgan fingerprint density at radius 2 is 1.67 bits per heavy atom. The van der Waals surface area contributed by atoms with E-state index in [2.05, 4.69) is 50.5 Å². The second kappa shape index (κ2) is 4.25. The van der Waals surface area contributed by atoms with Gasteiger partial charge in [0.1, 0.15) is 7.39 Å². The van der Waals surface area contributed by atoms with Gasteiger partial charge in [0, 0.05) is 17.5 Å². The lowest BCUT2D eigenvalue weighted by molar-refractivity contribution is -0.917. The van der Waals surface area contributed by atoms with E-state index in [9.17, 15) is 1.37 Å². The summed E-state index contributed by atoms with van der Waals surface area (Å²) >= 11 is 0. The van der Waals surface area contributed by atoms with Gasteiger partial charge in [0.25, 0.3) is 0 Å².